The van der Waals surface area contributed by atoms with E-state index in [4.69, 9.17) is 0 Å². The number of hydrogen-bond donors (Lipinski definition) is 0. The van der Waals surface area contributed by atoms with E-state index in [0.717, 1.165) is 0 Å². The van der Waals surface area contributed by atoms with Gasteiger partial charge < -0.3 is 0 Å². The van der Waals surface area contributed by atoms with E-state index in [2.05, 4.69) is 111 Å². The smallest absolute Gasteiger partial charge is 0.0654 e. The van der Waals surface area contributed by atoms with Crippen LogP contribution in [0, 0.1) is 0 Å². The molecule has 0 saturated carbocycles. The predicted octanol–water partition coefficient (Wildman–Crippen LogP) is 6.70. The van der Waals surface area contributed by atoms with Crippen LogP contribution in [0.5, 0.6) is 0 Å². The third kappa shape index (κ3) is 5.46. The van der Waals surface area contributed by atoms with Gasteiger partial charge in [0.25, 0.3) is 0 Å². The SMILES string of the molecule is C[Si](C)(CC[Si](C)(C)C1=C/C=C\C=C/C=C\1)C1=C/C=C\C=C/C=C\1. The summed E-state index contributed by atoms with van der Waals surface area (Å²) in [5, 5.41) is 3.11. The molecule has 0 aromatic rings. The molecule has 0 aromatic carbocycles. The second-order valence-electron chi connectivity index (χ2n) is 7.77. The molecule has 2 aliphatic rings. The van der Waals surface area contributed by atoms with Crippen molar-refractivity contribution < 1.29 is 0 Å². The molecule has 0 saturated heterocycles. The molecule has 0 nitrogen and oxygen atoms in total. The maximum Gasteiger partial charge on any atom is 0.0803 e. The van der Waals surface area contributed by atoms with Crippen molar-refractivity contribution in [2.24, 2.45) is 0 Å². The Morgan fingerprint density at radius 1 is 0.500 bits per heavy atom. The lowest BCUT2D eigenvalue weighted by molar-refractivity contribution is 1.27. The molecule has 0 spiro atoms. The zero-order valence-corrected chi connectivity index (χ0v) is 17.5. The number of allylic oxidation sites excluding steroid dienone is 16. The van der Waals surface area contributed by atoms with Crippen molar-refractivity contribution in [2.45, 2.75) is 38.3 Å². The van der Waals surface area contributed by atoms with Gasteiger partial charge in [0, 0.05) is 0 Å². The van der Waals surface area contributed by atoms with Gasteiger partial charge in [-0.05, 0) is 0 Å². The van der Waals surface area contributed by atoms with E-state index >= 15 is 0 Å². The Hall–Kier alpha value is -1.65. The van der Waals surface area contributed by atoms with E-state index in [0.29, 0.717) is 0 Å². The van der Waals surface area contributed by atoms with Crippen LogP contribution in [-0.4, -0.2) is 16.1 Å². The normalized spacial score (nSPS) is 30.2. The minimum absolute atomic E-state index is 1.35. The Morgan fingerprint density at radius 3 is 1.25 bits per heavy atom. The maximum absolute atomic E-state index is 2.51. The molecule has 0 aromatic heterocycles. The maximum atomic E-state index is 2.51. The summed E-state index contributed by atoms with van der Waals surface area (Å²) in [5.41, 5.74) is 0. The Balaban J connectivity index is 2.10. The van der Waals surface area contributed by atoms with Gasteiger partial charge in [0.2, 0.25) is 0 Å². The van der Waals surface area contributed by atoms with Crippen molar-refractivity contribution in [3.8, 4) is 0 Å². The van der Waals surface area contributed by atoms with Gasteiger partial charge in [0.15, 0.2) is 0 Å². The van der Waals surface area contributed by atoms with Gasteiger partial charge in [-0.1, -0.05) is 134 Å². The van der Waals surface area contributed by atoms with Gasteiger partial charge in [-0.15, -0.1) is 0 Å². The fourth-order valence-corrected chi connectivity index (χ4v) is 10.7. The first kappa shape index (κ1) is 18.7. The lowest BCUT2D eigenvalue weighted by Gasteiger charge is -2.30. The minimum atomic E-state index is -1.41. The van der Waals surface area contributed by atoms with Crippen LogP contribution >= 0.6 is 0 Å². The highest BCUT2D eigenvalue weighted by molar-refractivity contribution is 6.89. The highest BCUT2D eigenvalue weighted by Gasteiger charge is 2.30. The van der Waals surface area contributed by atoms with Crippen LogP contribution < -0.4 is 0 Å². The molecule has 0 amide bonds. The second-order valence-corrected chi connectivity index (χ2v) is 17.5. The minimum Gasteiger partial charge on any atom is -0.0654 e. The highest BCUT2D eigenvalue weighted by Crippen LogP contribution is 2.31. The molecule has 0 atom stereocenters. The molecule has 126 valence electrons. The molecule has 24 heavy (non-hydrogen) atoms. The Labute approximate surface area is 150 Å². The van der Waals surface area contributed by atoms with Gasteiger partial charge in [0.1, 0.15) is 0 Å². The average molecular weight is 351 g/mol. The van der Waals surface area contributed by atoms with Gasteiger partial charge in [-0.2, -0.15) is 0 Å². The fraction of sp³-hybridized carbons (Fsp3) is 0.273. The summed E-state index contributed by atoms with van der Waals surface area (Å²) in [6.07, 6.45) is 30.7. The molecule has 0 bridgehead atoms. The summed E-state index contributed by atoms with van der Waals surface area (Å²) in [5.74, 6) is 0. The Morgan fingerprint density at radius 2 is 0.833 bits per heavy atom. The standard InChI is InChI=1S/C22H30Si2/c1-23(2,21-15-11-7-5-8-12-16-21)19-20-24(3,4)22-17-13-9-6-10-14-18-22/h5-18H,19-20H2,1-4H3/b7-5-,8-5?,9-6-,10-6?,11-7?,12-8-,13-9?,14-10-,15-11-,16-12?,17-13-,18-14?,21-15?,21-16+,22-17?,22-18+. The Bertz CT molecular complexity index is 615. The van der Waals surface area contributed by atoms with Crippen molar-refractivity contribution in [1.29, 1.82) is 0 Å². The van der Waals surface area contributed by atoms with Crippen molar-refractivity contribution >= 4 is 16.1 Å². The van der Waals surface area contributed by atoms with Crippen molar-refractivity contribution in [3.05, 3.63) is 95.5 Å². The zero-order valence-electron chi connectivity index (χ0n) is 15.5. The lowest BCUT2D eigenvalue weighted by Crippen LogP contribution is -2.35. The van der Waals surface area contributed by atoms with Crippen LogP contribution in [0.25, 0.3) is 0 Å². The van der Waals surface area contributed by atoms with Crippen molar-refractivity contribution in [3.63, 3.8) is 0 Å². The summed E-state index contributed by atoms with van der Waals surface area (Å²) >= 11 is 0. The van der Waals surface area contributed by atoms with E-state index in [1.54, 1.807) is 10.4 Å². The van der Waals surface area contributed by atoms with Crippen molar-refractivity contribution in [1.82, 2.24) is 0 Å². The molecule has 0 heterocycles. The predicted molar refractivity (Wildman–Crippen MR) is 116 cm³/mol. The van der Waals surface area contributed by atoms with Gasteiger partial charge in [-0.25, -0.2) is 0 Å². The first-order valence-corrected chi connectivity index (χ1v) is 15.3. The van der Waals surface area contributed by atoms with Crippen LogP contribution in [0.4, 0.5) is 0 Å². The largest absolute Gasteiger partial charge is 0.0803 e. The zero-order chi connectivity index (χ0) is 17.5. The molecule has 0 unspecified atom stereocenters. The summed E-state index contributed by atoms with van der Waals surface area (Å²) in [7, 11) is -2.82. The molecule has 2 aliphatic carbocycles. The third-order valence-electron chi connectivity index (χ3n) is 4.93. The second kappa shape index (κ2) is 8.45. The van der Waals surface area contributed by atoms with E-state index in [-0.39, 0.29) is 0 Å². The summed E-state index contributed by atoms with van der Waals surface area (Å²) in [6.45, 7) is 10.0. The van der Waals surface area contributed by atoms with Crippen molar-refractivity contribution in [2.75, 3.05) is 0 Å². The molecular formula is C22H30Si2. The quantitative estimate of drug-likeness (QED) is 0.484. The first-order valence-electron chi connectivity index (χ1n) is 8.86. The molecule has 0 N–H and O–H groups in total. The van der Waals surface area contributed by atoms with E-state index in [1.807, 2.05) is 0 Å². The fourth-order valence-electron chi connectivity index (χ4n) is 2.95. The topological polar surface area (TPSA) is 0 Å². The number of rotatable bonds is 5. The summed E-state index contributed by atoms with van der Waals surface area (Å²) in [4.78, 5) is 0. The van der Waals surface area contributed by atoms with Crippen LogP contribution in [0.1, 0.15) is 0 Å². The van der Waals surface area contributed by atoms with Gasteiger partial charge in [-0.3, -0.25) is 0 Å². The van der Waals surface area contributed by atoms with Crippen LogP contribution in [-0.2, 0) is 0 Å². The lowest BCUT2D eigenvalue weighted by atomic mass is 10.3. The molecule has 2 heteroatoms. The Kier molecular flexibility index (Phi) is 6.58. The monoisotopic (exact) mass is 350 g/mol. The van der Waals surface area contributed by atoms with E-state index in [1.165, 1.54) is 12.1 Å². The number of hydrogen-bond acceptors (Lipinski definition) is 0. The van der Waals surface area contributed by atoms with E-state index < -0.39 is 16.1 Å². The molecule has 0 radical (unpaired) electrons. The highest BCUT2D eigenvalue weighted by atomic mass is 28.3. The van der Waals surface area contributed by atoms with Crippen LogP contribution in [0.3, 0.4) is 0 Å². The van der Waals surface area contributed by atoms with Gasteiger partial charge in [0.05, 0.1) is 16.1 Å². The average Bonchev–Trinajstić information content (AvgIpc) is 2.44. The van der Waals surface area contributed by atoms with Crippen LogP contribution in [0.15, 0.2) is 95.5 Å². The molecule has 0 aliphatic heterocycles. The first-order chi connectivity index (χ1) is 11.4. The van der Waals surface area contributed by atoms with Crippen LogP contribution in [0.2, 0.25) is 38.3 Å². The summed E-state index contributed by atoms with van der Waals surface area (Å²) < 4.78 is 0. The van der Waals surface area contributed by atoms with Gasteiger partial charge >= 0.3 is 0 Å². The molecular weight excluding hydrogens is 320 g/mol. The van der Waals surface area contributed by atoms with E-state index in [9.17, 15) is 0 Å². The third-order valence-corrected chi connectivity index (χ3v) is 12.2. The summed E-state index contributed by atoms with van der Waals surface area (Å²) in [6, 6.07) is 2.70. The molecule has 2 rings (SSSR count). The molecule has 0 fully saturated rings.